The Kier molecular flexibility index (Phi) is 1.80. The van der Waals surface area contributed by atoms with Gasteiger partial charge in [0.2, 0.25) is 0 Å². The second kappa shape index (κ2) is 3.17. The summed E-state index contributed by atoms with van der Waals surface area (Å²) in [7, 11) is 1.66. The Labute approximate surface area is 93.0 Å². The Bertz CT molecular complexity index is 670. The zero-order valence-electron chi connectivity index (χ0n) is 8.97. The number of hydrogen-bond donors (Lipinski definition) is 1. The van der Waals surface area contributed by atoms with E-state index in [1.165, 1.54) is 0 Å². The molecule has 0 fully saturated rings. The molecule has 0 unspecified atom stereocenters. The van der Waals surface area contributed by atoms with Crippen LogP contribution >= 0.6 is 0 Å². The number of nitrogen functional groups attached to an aromatic ring is 1. The molecule has 0 atom stereocenters. The highest BCUT2D eigenvalue weighted by Gasteiger charge is 2.11. The average Bonchev–Trinajstić information content (AvgIpc) is 2.64. The van der Waals surface area contributed by atoms with E-state index in [4.69, 9.17) is 10.6 Å². The molecule has 3 heteroatoms. The summed E-state index contributed by atoms with van der Waals surface area (Å²) in [5, 5.41) is 2.27. The molecule has 0 aliphatic carbocycles. The maximum absolute atomic E-state index is 6.09. The van der Waals surface area contributed by atoms with Crippen LogP contribution in [0.1, 0.15) is 0 Å². The fourth-order valence-corrected chi connectivity index (χ4v) is 2.18. The molecule has 2 N–H and O–H groups in total. The topological polar surface area (TPSA) is 40.2 Å². The van der Waals surface area contributed by atoms with Crippen molar-refractivity contribution < 1.29 is 4.74 Å². The van der Waals surface area contributed by atoms with Gasteiger partial charge in [0.1, 0.15) is 11.3 Å². The van der Waals surface area contributed by atoms with Crippen molar-refractivity contribution in [2.45, 2.75) is 0 Å². The van der Waals surface area contributed by atoms with Gasteiger partial charge in [0.25, 0.3) is 0 Å². The molecular weight excluding hydrogens is 200 g/mol. The van der Waals surface area contributed by atoms with Gasteiger partial charge in [-0.15, -0.1) is 0 Å². The molecule has 0 amide bonds. The van der Waals surface area contributed by atoms with Crippen molar-refractivity contribution in [1.82, 2.24) is 4.68 Å². The van der Waals surface area contributed by atoms with E-state index in [1.54, 1.807) is 11.8 Å². The van der Waals surface area contributed by atoms with Gasteiger partial charge in [0.05, 0.1) is 12.6 Å². The minimum Gasteiger partial charge on any atom is -0.494 e. The van der Waals surface area contributed by atoms with Crippen molar-refractivity contribution in [3.8, 4) is 5.75 Å². The molecule has 0 radical (unpaired) electrons. The first-order valence-corrected chi connectivity index (χ1v) is 5.14. The van der Waals surface area contributed by atoms with Gasteiger partial charge in [-0.25, -0.2) is 0 Å². The molecule has 80 valence electrons. The van der Waals surface area contributed by atoms with Crippen molar-refractivity contribution in [3.05, 3.63) is 42.5 Å². The third-order valence-electron chi connectivity index (χ3n) is 2.91. The van der Waals surface area contributed by atoms with Crippen LogP contribution in [0.5, 0.6) is 5.75 Å². The Hall–Kier alpha value is -2.16. The summed E-state index contributed by atoms with van der Waals surface area (Å²) < 4.78 is 7.02. The fraction of sp³-hybridized carbons (Fsp3) is 0.0769. The van der Waals surface area contributed by atoms with Crippen LogP contribution in [-0.4, -0.2) is 11.8 Å². The van der Waals surface area contributed by atoms with E-state index in [0.717, 1.165) is 27.6 Å². The first-order valence-electron chi connectivity index (χ1n) is 5.14. The highest BCUT2D eigenvalue weighted by Crippen LogP contribution is 2.32. The number of benzene rings is 2. The van der Waals surface area contributed by atoms with E-state index in [1.807, 2.05) is 30.3 Å². The van der Waals surface area contributed by atoms with E-state index in [-0.39, 0.29) is 0 Å². The second-order valence-electron chi connectivity index (χ2n) is 3.74. The monoisotopic (exact) mass is 212 g/mol. The number of para-hydroxylation sites is 2. The minimum atomic E-state index is 0.802. The number of aromatic nitrogens is 1. The Morgan fingerprint density at radius 2 is 1.75 bits per heavy atom. The van der Waals surface area contributed by atoms with Crippen LogP contribution in [0.25, 0.3) is 21.8 Å². The van der Waals surface area contributed by atoms with Crippen LogP contribution in [0.2, 0.25) is 0 Å². The van der Waals surface area contributed by atoms with E-state index in [0.29, 0.717) is 0 Å². The summed E-state index contributed by atoms with van der Waals surface area (Å²) in [6.07, 6.45) is 0. The van der Waals surface area contributed by atoms with Gasteiger partial charge in [-0.2, -0.15) is 0 Å². The van der Waals surface area contributed by atoms with E-state index < -0.39 is 0 Å². The highest BCUT2D eigenvalue weighted by molar-refractivity contribution is 6.09. The number of fused-ring (bicyclic) bond motifs is 3. The van der Waals surface area contributed by atoms with Crippen molar-refractivity contribution in [2.24, 2.45) is 0 Å². The molecular formula is C13H12N2O. The largest absolute Gasteiger partial charge is 0.494 e. The molecule has 0 bridgehead atoms. The average molecular weight is 212 g/mol. The summed E-state index contributed by atoms with van der Waals surface area (Å²) in [4.78, 5) is 0. The molecule has 1 aromatic heterocycles. The number of methoxy groups -OCH3 is 1. The smallest absolute Gasteiger partial charge is 0.145 e. The summed E-state index contributed by atoms with van der Waals surface area (Å²) in [5.74, 6) is 6.89. The van der Waals surface area contributed by atoms with Gasteiger partial charge in [-0.05, 0) is 12.1 Å². The molecule has 3 nitrogen and oxygen atoms in total. The van der Waals surface area contributed by atoms with Gasteiger partial charge in [-0.3, -0.25) is 4.68 Å². The standard InChI is InChI=1S/C13H12N2O/c1-16-12-8-4-6-10-9-5-2-3-7-11(9)15(14)13(10)12/h2-8H,14H2,1H3. The first-order chi connectivity index (χ1) is 7.83. The molecule has 0 aliphatic heterocycles. The third kappa shape index (κ3) is 1.03. The lowest BCUT2D eigenvalue weighted by atomic mass is 10.1. The van der Waals surface area contributed by atoms with Crippen LogP contribution in [0.3, 0.4) is 0 Å². The number of rotatable bonds is 1. The van der Waals surface area contributed by atoms with Gasteiger partial charge in [0, 0.05) is 10.8 Å². The zero-order chi connectivity index (χ0) is 11.1. The predicted molar refractivity (Wildman–Crippen MR) is 66.1 cm³/mol. The van der Waals surface area contributed by atoms with Crippen molar-refractivity contribution in [3.63, 3.8) is 0 Å². The van der Waals surface area contributed by atoms with Gasteiger partial charge in [-0.1, -0.05) is 30.3 Å². The summed E-state index contributed by atoms with van der Waals surface area (Å²) in [6, 6.07) is 14.0. The van der Waals surface area contributed by atoms with Crippen molar-refractivity contribution >= 4 is 21.8 Å². The van der Waals surface area contributed by atoms with Crippen molar-refractivity contribution in [1.29, 1.82) is 0 Å². The highest BCUT2D eigenvalue weighted by atomic mass is 16.5. The number of nitrogens with two attached hydrogens (primary N) is 1. The molecule has 3 aromatic rings. The number of ether oxygens (including phenoxy) is 1. The lowest BCUT2D eigenvalue weighted by molar-refractivity contribution is 0.418. The maximum atomic E-state index is 6.09. The van der Waals surface area contributed by atoms with Crippen LogP contribution in [0, 0.1) is 0 Å². The van der Waals surface area contributed by atoms with Crippen LogP contribution in [0.4, 0.5) is 0 Å². The van der Waals surface area contributed by atoms with Crippen molar-refractivity contribution in [2.75, 3.05) is 13.0 Å². The summed E-state index contributed by atoms with van der Waals surface area (Å²) >= 11 is 0. The first kappa shape index (κ1) is 9.09. The Morgan fingerprint density at radius 3 is 2.56 bits per heavy atom. The zero-order valence-corrected chi connectivity index (χ0v) is 8.97. The van der Waals surface area contributed by atoms with Crippen LogP contribution in [-0.2, 0) is 0 Å². The molecule has 1 heterocycles. The van der Waals surface area contributed by atoms with Crippen LogP contribution in [0.15, 0.2) is 42.5 Å². The molecule has 0 aliphatic rings. The second-order valence-corrected chi connectivity index (χ2v) is 3.74. The third-order valence-corrected chi connectivity index (χ3v) is 2.91. The van der Waals surface area contributed by atoms with E-state index >= 15 is 0 Å². The summed E-state index contributed by atoms with van der Waals surface area (Å²) in [5.41, 5.74) is 1.95. The maximum Gasteiger partial charge on any atom is 0.145 e. The SMILES string of the molecule is COc1cccc2c3ccccc3n(N)c12. The lowest BCUT2D eigenvalue weighted by Crippen LogP contribution is -2.07. The number of nitrogens with zero attached hydrogens (tertiary/aromatic N) is 1. The Morgan fingerprint density at radius 1 is 1.00 bits per heavy atom. The normalized spacial score (nSPS) is 11.1. The quantitative estimate of drug-likeness (QED) is 0.629. The molecule has 2 aromatic carbocycles. The van der Waals surface area contributed by atoms with E-state index in [9.17, 15) is 0 Å². The van der Waals surface area contributed by atoms with Gasteiger partial charge >= 0.3 is 0 Å². The molecule has 0 saturated carbocycles. The van der Waals surface area contributed by atoms with Crippen LogP contribution < -0.4 is 10.6 Å². The number of hydrogen-bond acceptors (Lipinski definition) is 2. The van der Waals surface area contributed by atoms with Gasteiger partial charge < -0.3 is 10.6 Å². The predicted octanol–water partition coefficient (Wildman–Crippen LogP) is 2.52. The lowest BCUT2D eigenvalue weighted by Gasteiger charge is -2.03. The van der Waals surface area contributed by atoms with Gasteiger partial charge in [0.15, 0.2) is 0 Å². The summed E-state index contributed by atoms with van der Waals surface area (Å²) in [6.45, 7) is 0. The molecule has 3 rings (SSSR count). The minimum absolute atomic E-state index is 0.802. The molecule has 0 spiro atoms. The molecule has 16 heavy (non-hydrogen) atoms. The Balaban J connectivity index is 2.61. The molecule has 0 saturated heterocycles. The van der Waals surface area contributed by atoms with E-state index in [2.05, 4.69) is 12.1 Å². The fourth-order valence-electron chi connectivity index (χ4n) is 2.18.